The third-order valence-electron chi connectivity index (χ3n) is 5.52. The number of methoxy groups -OCH3 is 1. The van der Waals surface area contributed by atoms with Gasteiger partial charge in [0.2, 0.25) is 11.8 Å². The first kappa shape index (κ1) is 26.2. The van der Waals surface area contributed by atoms with Gasteiger partial charge in [0.05, 0.1) is 18.5 Å². The van der Waals surface area contributed by atoms with Gasteiger partial charge in [0, 0.05) is 41.7 Å². The number of carboxylic acid groups (broad SMARTS) is 1. The Kier molecular flexibility index (Phi) is 8.19. The zero-order valence-electron chi connectivity index (χ0n) is 21.2. The summed E-state index contributed by atoms with van der Waals surface area (Å²) in [5.41, 5.74) is 1.49. The highest BCUT2D eigenvalue weighted by Crippen LogP contribution is 2.34. The van der Waals surface area contributed by atoms with Crippen molar-refractivity contribution in [3.63, 3.8) is 0 Å². The van der Waals surface area contributed by atoms with Gasteiger partial charge in [-0.25, -0.2) is 9.78 Å². The fourth-order valence-corrected chi connectivity index (χ4v) is 3.71. The molecule has 0 radical (unpaired) electrons. The van der Waals surface area contributed by atoms with Crippen LogP contribution in [0, 0.1) is 0 Å². The quantitative estimate of drug-likeness (QED) is 0.239. The van der Waals surface area contributed by atoms with Crippen LogP contribution < -0.4 is 25.4 Å². The van der Waals surface area contributed by atoms with E-state index >= 15 is 0 Å². The van der Waals surface area contributed by atoms with Crippen LogP contribution in [0.3, 0.4) is 0 Å². The molecule has 1 aromatic heterocycles. The average molecular weight is 517 g/mol. The topological polar surface area (TPSA) is 138 Å². The number of nitrogens with zero attached hydrogens (tertiary/aromatic N) is 3. The van der Waals surface area contributed by atoms with Crippen LogP contribution in [0.2, 0.25) is 0 Å². The Morgan fingerprint density at radius 2 is 1.74 bits per heavy atom. The van der Waals surface area contributed by atoms with Crippen molar-refractivity contribution in [3.8, 4) is 17.4 Å². The molecule has 0 aliphatic carbocycles. The molecule has 38 heavy (non-hydrogen) atoms. The molecule has 0 saturated heterocycles. The van der Waals surface area contributed by atoms with Crippen molar-refractivity contribution in [3.05, 3.63) is 72.4 Å². The minimum absolute atomic E-state index is 0.194. The van der Waals surface area contributed by atoms with Crippen LogP contribution >= 0.6 is 0 Å². The Balaban J connectivity index is 1.52. The first-order valence-electron chi connectivity index (χ1n) is 11.7. The van der Waals surface area contributed by atoms with Gasteiger partial charge in [-0.15, -0.1) is 0 Å². The molecule has 0 spiro atoms. The van der Waals surface area contributed by atoms with Crippen molar-refractivity contribution in [1.29, 1.82) is 0 Å². The minimum Gasteiger partial charge on any atom is -0.495 e. The van der Waals surface area contributed by atoms with Crippen LogP contribution in [-0.2, 0) is 0 Å². The number of hydrogen-bond acceptors (Lipinski definition) is 8. The maximum absolute atomic E-state index is 12.5. The Bertz CT molecular complexity index is 1460. The molecule has 0 fully saturated rings. The molecule has 2 amide bonds. The molecule has 4 rings (SSSR count). The van der Waals surface area contributed by atoms with Gasteiger partial charge in [0.1, 0.15) is 11.5 Å². The van der Waals surface area contributed by atoms with E-state index in [9.17, 15) is 9.59 Å². The summed E-state index contributed by atoms with van der Waals surface area (Å²) in [5, 5.41) is 18.9. The molecule has 0 unspecified atom stereocenters. The summed E-state index contributed by atoms with van der Waals surface area (Å²) in [6, 6.07) is 17.3. The standard InChI is InChI=1S/C27H28N6O5/c1-33(2)15-14-28-25(34)17-8-9-21(23(16-17)37-3)30-26-29-13-12-24(32-26)38-22-11-10-20(31-27(35)36)18-6-4-5-7-19(18)22/h4-13,16,31H,14-15H2,1-3H3,(H,28,34)(H,35,36)(H,29,30,32). The number of rotatable bonds is 10. The molecule has 1 heterocycles. The highest BCUT2D eigenvalue weighted by molar-refractivity contribution is 6.02. The molecule has 0 aliphatic heterocycles. The number of nitrogens with one attached hydrogen (secondary N) is 3. The predicted octanol–water partition coefficient (Wildman–Crippen LogP) is 4.56. The van der Waals surface area contributed by atoms with E-state index < -0.39 is 6.09 Å². The second kappa shape index (κ2) is 11.9. The molecule has 4 N–H and O–H groups in total. The summed E-state index contributed by atoms with van der Waals surface area (Å²) in [6.07, 6.45) is 0.399. The number of carbonyl (C=O) groups excluding carboxylic acids is 1. The van der Waals surface area contributed by atoms with Crippen LogP contribution in [0.4, 0.5) is 22.1 Å². The van der Waals surface area contributed by atoms with E-state index in [2.05, 4.69) is 25.9 Å². The third kappa shape index (κ3) is 6.45. The number of ether oxygens (including phenoxy) is 2. The number of aromatic nitrogens is 2. The third-order valence-corrected chi connectivity index (χ3v) is 5.52. The van der Waals surface area contributed by atoms with Crippen molar-refractivity contribution >= 4 is 40.1 Å². The number of hydrogen-bond donors (Lipinski definition) is 4. The van der Waals surface area contributed by atoms with Gasteiger partial charge in [0.25, 0.3) is 5.91 Å². The zero-order valence-corrected chi connectivity index (χ0v) is 21.2. The van der Waals surface area contributed by atoms with E-state index in [-0.39, 0.29) is 17.7 Å². The van der Waals surface area contributed by atoms with Gasteiger partial charge < -0.3 is 30.1 Å². The number of benzene rings is 3. The predicted molar refractivity (Wildman–Crippen MR) is 145 cm³/mol. The molecule has 0 bridgehead atoms. The lowest BCUT2D eigenvalue weighted by atomic mass is 10.1. The Morgan fingerprint density at radius 1 is 0.974 bits per heavy atom. The summed E-state index contributed by atoms with van der Waals surface area (Å²) in [5.74, 6) is 1.30. The Hall–Kier alpha value is -4.90. The number of anilines is 3. The molecular formula is C27H28N6O5. The van der Waals surface area contributed by atoms with Gasteiger partial charge in [-0.05, 0) is 44.4 Å². The summed E-state index contributed by atoms with van der Waals surface area (Å²) in [4.78, 5) is 34.3. The van der Waals surface area contributed by atoms with Gasteiger partial charge >= 0.3 is 6.09 Å². The Morgan fingerprint density at radius 3 is 2.47 bits per heavy atom. The molecule has 11 heteroatoms. The monoisotopic (exact) mass is 516 g/mol. The van der Waals surface area contributed by atoms with Crippen molar-refractivity contribution in [2.24, 2.45) is 0 Å². The molecular weight excluding hydrogens is 488 g/mol. The normalized spacial score (nSPS) is 10.7. The van der Waals surface area contributed by atoms with E-state index in [4.69, 9.17) is 14.6 Å². The maximum atomic E-state index is 12.5. The molecule has 4 aromatic rings. The van der Waals surface area contributed by atoms with Gasteiger partial charge in [0.15, 0.2) is 0 Å². The van der Waals surface area contributed by atoms with Gasteiger partial charge in [-0.1, -0.05) is 24.3 Å². The highest BCUT2D eigenvalue weighted by Gasteiger charge is 2.13. The summed E-state index contributed by atoms with van der Waals surface area (Å²) in [6.45, 7) is 1.26. The van der Waals surface area contributed by atoms with Crippen molar-refractivity contribution < 1.29 is 24.2 Å². The van der Waals surface area contributed by atoms with Crippen LogP contribution in [0.25, 0.3) is 10.8 Å². The molecule has 196 valence electrons. The van der Waals surface area contributed by atoms with Crippen LogP contribution in [0.1, 0.15) is 10.4 Å². The Labute approximate surface area is 219 Å². The number of likely N-dealkylation sites (N-methyl/N-ethyl adjacent to an activating group) is 1. The molecule has 0 aliphatic rings. The maximum Gasteiger partial charge on any atom is 0.409 e. The highest BCUT2D eigenvalue weighted by atomic mass is 16.5. The average Bonchev–Trinajstić information content (AvgIpc) is 2.90. The van der Waals surface area contributed by atoms with Crippen LogP contribution in [-0.4, -0.2) is 66.3 Å². The molecule has 11 nitrogen and oxygen atoms in total. The second-order valence-corrected chi connectivity index (χ2v) is 8.51. The van der Waals surface area contributed by atoms with E-state index in [0.29, 0.717) is 45.8 Å². The van der Waals surface area contributed by atoms with E-state index in [1.54, 1.807) is 48.7 Å². The number of fused-ring (bicyclic) bond motifs is 1. The van der Waals surface area contributed by atoms with Gasteiger partial charge in [-0.2, -0.15) is 4.98 Å². The lowest BCUT2D eigenvalue weighted by Crippen LogP contribution is -2.31. The first-order valence-corrected chi connectivity index (χ1v) is 11.7. The van der Waals surface area contributed by atoms with Crippen molar-refractivity contribution in [2.75, 3.05) is 44.9 Å². The van der Waals surface area contributed by atoms with Crippen LogP contribution in [0.15, 0.2) is 66.9 Å². The molecule has 3 aromatic carbocycles. The second-order valence-electron chi connectivity index (χ2n) is 8.51. The van der Waals surface area contributed by atoms with Gasteiger partial charge in [-0.3, -0.25) is 10.1 Å². The fraction of sp³-hybridized carbons (Fsp3) is 0.185. The number of amides is 2. The smallest absolute Gasteiger partial charge is 0.409 e. The van der Waals surface area contributed by atoms with E-state index in [1.165, 1.54) is 7.11 Å². The van der Waals surface area contributed by atoms with Crippen molar-refractivity contribution in [2.45, 2.75) is 0 Å². The molecule has 0 atom stereocenters. The fourth-order valence-electron chi connectivity index (χ4n) is 3.71. The lowest BCUT2D eigenvalue weighted by molar-refractivity contribution is 0.0950. The summed E-state index contributed by atoms with van der Waals surface area (Å²) in [7, 11) is 5.40. The van der Waals surface area contributed by atoms with Crippen molar-refractivity contribution in [1.82, 2.24) is 20.2 Å². The number of carbonyl (C=O) groups is 2. The largest absolute Gasteiger partial charge is 0.495 e. The van der Waals surface area contributed by atoms with E-state index in [0.717, 1.165) is 6.54 Å². The summed E-state index contributed by atoms with van der Waals surface area (Å²) >= 11 is 0. The lowest BCUT2D eigenvalue weighted by Gasteiger charge is -2.14. The minimum atomic E-state index is -1.15. The first-order chi connectivity index (χ1) is 18.3. The van der Waals surface area contributed by atoms with E-state index in [1.807, 2.05) is 37.2 Å². The summed E-state index contributed by atoms with van der Waals surface area (Å²) < 4.78 is 11.5. The van der Waals surface area contributed by atoms with Crippen LogP contribution in [0.5, 0.6) is 17.4 Å². The molecule has 0 saturated carbocycles. The SMILES string of the molecule is COc1cc(C(=O)NCCN(C)C)ccc1Nc1nccc(Oc2ccc(NC(=O)O)c3ccccc23)n1. The zero-order chi connectivity index (χ0) is 27.1.